The van der Waals surface area contributed by atoms with Crippen LogP contribution in [0.3, 0.4) is 0 Å². The first-order chi connectivity index (χ1) is 4.57. The molecule has 1 aliphatic rings. The van der Waals surface area contributed by atoms with Crippen LogP contribution in [-0.4, -0.2) is 31.2 Å². The molecule has 10 heavy (non-hydrogen) atoms. The highest BCUT2D eigenvalue weighted by atomic mass is 16.5. The highest BCUT2D eigenvalue weighted by Gasteiger charge is 2.37. The molecule has 0 radical (unpaired) electrons. The lowest BCUT2D eigenvalue weighted by molar-refractivity contribution is -0.0375. The van der Waals surface area contributed by atoms with Crippen LogP contribution in [0.4, 0.5) is 0 Å². The maximum absolute atomic E-state index is 8.94. The molecule has 58 valence electrons. The molecule has 1 rings (SSSR count). The van der Waals surface area contributed by atoms with E-state index < -0.39 is 0 Å². The minimum Gasteiger partial charge on any atom is -0.393 e. The summed E-state index contributed by atoms with van der Waals surface area (Å²) < 4.78 is 5.56. The Labute approximate surface area is 63.0 Å². The summed E-state index contributed by atoms with van der Waals surface area (Å²) in [5.41, 5.74) is -0.265. The summed E-state index contributed by atoms with van der Waals surface area (Å²) in [7, 11) is 2.06. The predicted octanol–water partition coefficient (Wildman–Crippen LogP) is -0.247. The van der Waals surface area contributed by atoms with Crippen molar-refractivity contribution in [1.29, 1.82) is 0 Å². The number of aliphatic hydroxyl groups is 1. The molecule has 0 unspecified atom stereocenters. The van der Waals surface area contributed by atoms with Crippen LogP contribution < -0.4 is 0 Å². The monoisotopic (exact) mass is 142 g/mol. The van der Waals surface area contributed by atoms with Crippen LogP contribution in [0.25, 0.3) is 0 Å². The van der Waals surface area contributed by atoms with Crippen LogP contribution in [0.15, 0.2) is 0 Å². The van der Waals surface area contributed by atoms with Gasteiger partial charge in [-0.25, -0.2) is 0 Å². The van der Waals surface area contributed by atoms with Crippen LogP contribution in [0.2, 0.25) is 0 Å². The van der Waals surface area contributed by atoms with Gasteiger partial charge in [-0.3, -0.25) is 0 Å². The molecule has 3 heteroatoms. The zero-order chi connectivity index (χ0) is 7.78. The molecule has 0 aromatic rings. The van der Waals surface area contributed by atoms with E-state index in [0.29, 0.717) is 11.9 Å². The van der Waals surface area contributed by atoms with Crippen LogP contribution in [0.1, 0.15) is 20.3 Å². The number of aliphatic hydroxyl groups excluding tert-OH is 1. The van der Waals surface area contributed by atoms with E-state index in [2.05, 4.69) is 14.8 Å². The second-order valence-corrected chi connectivity index (χ2v) is 3.61. The summed E-state index contributed by atoms with van der Waals surface area (Å²) in [6.45, 7) is 4.26. The second-order valence-electron chi connectivity index (χ2n) is 3.61. The van der Waals surface area contributed by atoms with Crippen molar-refractivity contribution in [2.75, 3.05) is 6.61 Å². The molecule has 1 N–H and O–H groups in total. The van der Waals surface area contributed by atoms with Gasteiger partial charge in [0.2, 0.25) is 0 Å². The van der Waals surface area contributed by atoms with Gasteiger partial charge < -0.3 is 9.84 Å². The van der Waals surface area contributed by atoms with E-state index in [-0.39, 0.29) is 12.2 Å². The molecule has 3 atom stereocenters. The van der Waals surface area contributed by atoms with E-state index in [1.54, 1.807) is 0 Å². The van der Waals surface area contributed by atoms with Gasteiger partial charge in [0.1, 0.15) is 7.85 Å². The van der Waals surface area contributed by atoms with Gasteiger partial charge in [0.05, 0.1) is 12.2 Å². The summed E-state index contributed by atoms with van der Waals surface area (Å²) in [6.07, 6.45) is 0.977. The van der Waals surface area contributed by atoms with Crippen LogP contribution in [0, 0.1) is 5.92 Å². The zero-order valence-electron chi connectivity index (χ0n) is 6.92. The molecule has 1 saturated heterocycles. The fourth-order valence-electron chi connectivity index (χ4n) is 1.56. The topological polar surface area (TPSA) is 29.5 Å². The fourth-order valence-corrected chi connectivity index (χ4v) is 1.56. The van der Waals surface area contributed by atoms with E-state index in [9.17, 15) is 0 Å². The molecule has 2 nitrogen and oxygen atoms in total. The lowest BCUT2D eigenvalue weighted by Gasteiger charge is -2.20. The average Bonchev–Trinajstić information content (AvgIpc) is 2.10. The minimum atomic E-state index is -0.265. The van der Waals surface area contributed by atoms with Crippen molar-refractivity contribution >= 4 is 7.85 Å². The van der Waals surface area contributed by atoms with Crippen molar-refractivity contribution in [3.8, 4) is 0 Å². The maximum atomic E-state index is 8.94. The Kier molecular flexibility index (Phi) is 2.06. The molecule has 0 amide bonds. The van der Waals surface area contributed by atoms with Crippen molar-refractivity contribution in [2.45, 2.75) is 31.9 Å². The van der Waals surface area contributed by atoms with Crippen LogP contribution in [-0.2, 0) is 4.74 Å². The number of ether oxygens (including phenoxy) is 1. The second kappa shape index (κ2) is 2.55. The van der Waals surface area contributed by atoms with Crippen molar-refractivity contribution in [2.24, 2.45) is 5.92 Å². The average molecular weight is 142 g/mol. The molecule has 0 aromatic carbocycles. The standard InChI is InChI=1S/C7H15BO2/c1-5-3-7(2,4-9)10-6(5)8/h5-6,9H,3-4,8H2,1-2H3/t5-,6+,7-/m0/s1. The third-order valence-electron chi connectivity index (χ3n) is 2.36. The highest BCUT2D eigenvalue weighted by molar-refractivity contribution is 6.11. The molecule has 0 spiro atoms. The molecule has 1 aliphatic heterocycles. The lowest BCUT2D eigenvalue weighted by atomic mass is 9.86. The largest absolute Gasteiger partial charge is 0.393 e. The molecular weight excluding hydrogens is 127 g/mol. The zero-order valence-corrected chi connectivity index (χ0v) is 6.92. The van der Waals surface area contributed by atoms with Gasteiger partial charge in [0, 0.05) is 6.00 Å². The van der Waals surface area contributed by atoms with E-state index in [1.165, 1.54) is 0 Å². The Balaban J connectivity index is 2.55. The molecule has 0 aliphatic carbocycles. The first kappa shape index (κ1) is 8.09. The molecule has 0 bridgehead atoms. The summed E-state index contributed by atoms with van der Waals surface area (Å²) in [5, 5.41) is 8.94. The Morgan fingerprint density at radius 1 is 1.80 bits per heavy atom. The van der Waals surface area contributed by atoms with Crippen molar-refractivity contribution in [1.82, 2.24) is 0 Å². The first-order valence-corrected chi connectivity index (χ1v) is 3.86. The Morgan fingerprint density at radius 2 is 2.40 bits per heavy atom. The van der Waals surface area contributed by atoms with Gasteiger partial charge in [0.25, 0.3) is 0 Å². The SMILES string of the molecule is B[C@@H]1O[C@](C)(CO)C[C@@H]1C. The molecule has 0 saturated carbocycles. The van der Waals surface area contributed by atoms with Crippen LogP contribution in [0.5, 0.6) is 0 Å². The van der Waals surface area contributed by atoms with E-state index in [0.717, 1.165) is 6.42 Å². The van der Waals surface area contributed by atoms with Gasteiger partial charge >= 0.3 is 0 Å². The smallest absolute Gasteiger partial charge is 0.139 e. The molecule has 0 aromatic heterocycles. The third kappa shape index (κ3) is 1.35. The normalized spacial score (nSPS) is 47.9. The number of hydrogen-bond acceptors (Lipinski definition) is 2. The van der Waals surface area contributed by atoms with Crippen molar-refractivity contribution < 1.29 is 9.84 Å². The quantitative estimate of drug-likeness (QED) is 0.511. The summed E-state index contributed by atoms with van der Waals surface area (Å²) in [5.74, 6) is 0.581. The summed E-state index contributed by atoms with van der Waals surface area (Å²) in [4.78, 5) is 0. The van der Waals surface area contributed by atoms with Gasteiger partial charge in [-0.05, 0) is 19.3 Å². The molecular formula is C7H15BO2. The molecule has 1 fully saturated rings. The maximum Gasteiger partial charge on any atom is 0.139 e. The summed E-state index contributed by atoms with van der Waals surface area (Å²) >= 11 is 0. The van der Waals surface area contributed by atoms with Crippen molar-refractivity contribution in [3.63, 3.8) is 0 Å². The summed E-state index contributed by atoms with van der Waals surface area (Å²) in [6, 6.07) is 0.303. The van der Waals surface area contributed by atoms with E-state index >= 15 is 0 Å². The van der Waals surface area contributed by atoms with E-state index in [4.69, 9.17) is 9.84 Å². The van der Waals surface area contributed by atoms with Gasteiger partial charge in [-0.1, -0.05) is 6.92 Å². The molecule has 1 heterocycles. The Morgan fingerprint density at radius 3 is 2.60 bits per heavy atom. The van der Waals surface area contributed by atoms with Gasteiger partial charge in [-0.2, -0.15) is 0 Å². The number of hydrogen-bond donors (Lipinski definition) is 1. The number of rotatable bonds is 1. The van der Waals surface area contributed by atoms with E-state index in [1.807, 2.05) is 6.92 Å². The first-order valence-electron chi connectivity index (χ1n) is 3.86. The predicted molar refractivity (Wildman–Crippen MR) is 42.7 cm³/mol. The lowest BCUT2D eigenvalue weighted by Crippen LogP contribution is -2.29. The van der Waals surface area contributed by atoms with Gasteiger partial charge in [-0.15, -0.1) is 0 Å². The Bertz CT molecular complexity index is 117. The highest BCUT2D eigenvalue weighted by Crippen LogP contribution is 2.32. The fraction of sp³-hybridized carbons (Fsp3) is 1.00. The van der Waals surface area contributed by atoms with Crippen molar-refractivity contribution in [3.05, 3.63) is 0 Å². The van der Waals surface area contributed by atoms with Crippen LogP contribution >= 0.6 is 0 Å². The third-order valence-corrected chi connectivity index (χ3v) is 2.36. The Hall–Kier alpha value is -0.0151. The van der Waals surface area contributed by atoms with Gasteiger partial charge in [0.15, 0.2) is 0 Å². The minimum absolute atomic E-state index is 0.141.